The zero-order chi connectivity index (χ0) is 15.2. The van der Waals surface area contributed by atoms with Crippen LogP contribution in [0.5, 0.6) is 0 Å². The van der Waals surface area contributed by atoms with Gasteiger partial charge in [-0.15, -0.1) is 0 Å². The maximum atomic E-state index is 12.2. The quantitative estimate of drug-likeness (QED) is 0.819. The van der Waals surface area contributed by atoms with Crippen LogP contribution in [0.25, 0.3) is 0 Å². The molecule has 2 amide bonds. The van der Waals surface area contributed by atoms with Crippen molar-refractivity contribution in [2.45, 2.75) is 19.8 Å². The summed E-state index contributed by atoms with van der Waals surface area (Å²) in [6.45, 7) is 3.54. The molecule has 1 aromatic heterocycles. The van der Waals surface area contributed by atoms with Crippen LogP contribution >= 0.6 is 0 Å². The number of Topliss-reactive ketones (excluding diaryl/α,β-unsaturated/α-hetero) is 1. The molecular formula is C15H19N3O3. The molecule has 0 atom stereocenters. The van der Waals surface area contributed by atoms with E-state index in [1.54, 1.807) is 34.3 Å². The van der Waals surface area contributed by atoms with Crippen LogP contribution < -0.4 is 0 Å². The van der Waals surface area contributed by atoms with Gasteiger partial charge in [0.15, 0.2) is 0 Å². The van der Waals surface area contributed by atoms with Gasteiger partial charge in [-0.2, -0.15) is 0 Å². The highest BCUT2D eigenvalue weighted by Gasteiger charge is 2.24. The lowest BCUT2D eigenvalue weighted by atomic mass is 10.2. The zero-order valence-electron chi connectivity index (χ0n) is 12.1. The van der Waals surface area contributed by atoms with E-state index in [1.165, 1.54) is 6.92 Å². The van der Waals surface area contributed by atoms with Crippen molar-refractivity contribution in [1.29, 1.82) is 0 Å². The molecule has 1 aliphatic heterocycles. The van der Waals surface area contributed by atoms with Crippen LogP contribution in [0.2, 0.25) is 0 Å². The second-order valence-corrected chi connectivity index (χ2v) is 5.12. The number of nitrogens with zero attached hydrogens (tertiary/aromatic N) is 3. The molecule has 1 saturated heterocycles. The molecular weight excluding hydrogens is 270 g/mol. The molecule has 112 valence electrons. The van der Waals surface area contributed by atoms with Gasteiger partial charge in [-0.3, -0.25) is 14.6 Å². The summed E-state index contributed by atoms with van der Waals surface area (Å²) in [5.41, 5.74) is 0.564. The number of aromatic nitrogens is 1. The third kappa shape index (κ3) is 4.11. The SMILES string of the molecule is CC(=O)CCC(=O)N1CCN(C(=O)c2cccnc2)CC1. The minimum Gasteiger partial charge on any atom is -0.339 e. The van der Waals surface area contributed by atoms with E-state index in [1.807, 2.05) is 0 Å². The van der Waals surface area contributed by atoms with E-state index in [-0.39, 0.29) is 30.4 Å². The topological polar surface area (TPSA) is 70.6 Å². The monoisotopic (exact) mass is 289 g/mol. The number of rotatable bonds is 4. The van der Waals surface area contributed by atoms with Gasteiger partial charge in [0.1, 0.15) is 5.78 Å². The van der Waals surface area contributed by atoms with E-state index in [0.717, 1.165) is 0 Å². The Morgan fingerprint density at radius 2 is 1.76 bits per heavy atom. The third-order valence-electron chi connectivity index (χ3n) is 3.52. The summed E-state index contributed by atoms with van der Waals surface area (Å²) in [6, 6.07) is 3.47. The van der Waals surface area contributed by atoms with Gasteiger partial charge in [0.25, 0.3) is 5.91 Å². The Morgan fingerprint density at radius 3 is 2.33 bits per heavy atom. The predicted molar refractivity (Wildman–Crippen MR) is 76.6 cm³/mol. The first-order chi connectivity index (χ1) is 10.1. The first kappa shape index (κ1) is 15.2. The largest absolute Gasteiger partial charge is 0.339 e. The maximum Gasteiger partial charge on any atom is 0.255 e. The first-order valence-corrected chi connectivity index (χ1v) is 7.04. The van der Waals surface area contributed by atoms with Gasteiger partial charge in [-0.05, 0) is 19.1 Å². The molecule has 21 heavy (non-hydrogen) atoms. The van der Waals surface area contributed by atoms with Gasteiger partial charge in [0.05, 0.1) is 5.56 Å². The molecule has 0 N–H and O–H groups in total. The third-order valence-corrected chi connectivity index (χ3v) is 3.52. The zero-order valence-corrected chi connectivity index (χ0v) is 12.1. The fourth-order valence-electron chi connectivity index (χ4n) is 2.27. The lowest BCUT2D eigenvalue weighted by Gasteiger charge is -2.34. The maximum absolute atomic E-state index is 12.2. The molecule has 0 bridgehead atoms. The van der Waals surface area contributed by atoms with Crippen molar-refractivity contribution in [3.63, 3.8) is 0 Å². The van der Waals surface area contributed by atoms with E-state index in [4.69, 9.17) is 0 Å². The Morgan fingerprint density at radius 1 is 1.10 bits per heavy atom. The van der Waals surface area contributed by atoms with Crippen molar-refractivity contribution in [3.05, 3.63) is 30.1 Å². The summed E-state index contributed by atoms with van der Waals surface area (Å²) in [7, 11) is 0. The predicted octanol–water partition coefficient (Wildman–Crippen LogP) is 0.735. The summed E-state index contributed by atoms with van der Waals surface area (Å²) in [5.74, 6) is -0.0497. The Kier molecular flexibility index (Phi) is 5.03. The molecule has 2 heterocycles. The number of hydrogen-bond donors (Lipinski definition) is 0. The Hall–Kier alpha value is -2.24. The van der Waals surface area contributed by atoms with Gasteiger partial charge in [0.2, 0.25) is 5.91 Å². The first-order valence-electron chi connectivity index (χ1n) is 7.04. The molecule has 1 fully saturated rings. The van der Waals surface area contributed by atoms with Gasteiger partial charge in [-0.25, -0.2) is 0 Å². The Labute approximate surface area is 123 Å². The number of carbonyl (C=O) groups excluding carboxylic acids is 3. The number of hydrogen-bond acceptors (Lipinski definition) is 4. The van der Waals surface area contributed by atoms with Crippen LogP contribution in [0.3, 0.4) is 0 Å². The summed E-state index contributed by atoms with van der Waals surface area (Å²) in [4.78, 5) is 42.4. The highest BCUT2D eigenvalue weighted by molar-refractivity contribution is 5.94. The highest BCUT2D eigenvalue weighted by atomic mass is 16.2. The average molecular weight is 289 g/mol. The minimum absolute atomic E-state index is 0.0151. The number of ketones is 1. The molecule has 1 aliphatic rings. The van der Waals surface area contributed by atoms with Crippen LogP contribution in [-0.2, 0) is 9.59 Å². The Bertz CT molecular complexity index is 522. The molecule has 0 unspecified atom stereocenters. The fraction of sp³-hybridized carbons (Fsp3) is 0.467. The summed E-state index contributed by atoms with van der Waals surface area (Å²) < 4.78 is 0. The van der Waals surface area contributed by atoms with E-state index >= 15 is 0 Å². The van der Waals surface area contributed by atoms with E-state index in [9.17, 15) is 14.4 Å². The van der Waals surface area contributed by atoms with E-state index < -0.39 is 0 Å². The van der Waals surface area contributed by atoms with Crippen molar-refractivity contribution in [1.82, 2.24) is 14.8 Å². The lowest BCUT2D eigenvalue weighted by Crippen LogP contribution is -2.50. The lowest BCUT2D eigenvalue weighted by molar-refractivity contribution is -0.134. The normalized spacial score (nSPS) is 14.9. The van der Waals surface area contributed by atoms with Crippen molar-refractivity contribution in [2.24, 2.45) is 0 Å². The van der Waals surface area contributed by atoms with Gasteiger partial charge in [-0.1, -0.05) is 0 Å². The smallest absolute Gasteiger partial charge is 0.255 e. The molecule has 0 aliphatic carbocycles. The van der Waals surface area contributed by atoms with Crippen molar-refractivity contribution >= 4 is 17.6 Å². The van der Waals surface area contributed by atoms with Crippen LogP contribution in [0.15, 0.2) is 24.5 Å². The molecule has 0 aromatic carbocycles. The number of piperazine rings is 1. The average Bonchev–Trinajstić information content (AvgIpc) is 2.53. The highest BCUT2D eigenvalue weighted by Crippen LogP contribution is 2.09. The molecule has 6 heteroatoms. The number of carbonyl (C=O) groups is 3. The molecule has 0 spiro atoms. The summed E-state index contributed by atoms with van der Waals surface area (Å²) in [5, 5.41) is 0. The van der Waals surface area contributed by atoms with Crippen LogP contribution in [0.1, 0.15) is 30.1 Å². The van der Waals surface area contributed by atoms with E-state index in [0.29, 0.717) is 31.7 Å². The molecule has 2 rings (SSSR count). The fourth-order valence-corrected chi connectivity index (χ4v) is 2.27. The molecule has 1 aromatic rings. The van der Waals surface area contributed by atoms with E-state index in [2.05, 4.69) is 4.98 Å². The second kappa shape index (κ2) is 6.97. The Balaban J connectivity index is 1.84. The van der Waals surface area contributed by atoms with Crippen molar-refractivity contribution < 1.29 is 14.4 Å². The van der Waals surface area contributed by atoms with Gasteiger partial charge in [0, 0.05) is 51.4 Å². The molecule has 6 nitrogen and oxygen atoms in total. The molecule has 0 saturated carbocycles. The van der Waals surface area contributed by atoms with Gasteiger partial charge >= 0.3 is 0 Å². The number of amides is 2. The standard InChI is InChI=1S/C15H19N3O3/c1-12(19)4-5-14(20)17-7-9-18(10-8-17)15(21)13-3-2-6-16-11-13/h2-3,6,11H,4-5,7-10H2,1H3. The molecule has 0 radical (unpaired) electrons. The van der Waals surface area contributed by atoms with Crippen LogP contribution in [0.4, 0.5) is 0 Å². The minimum atomic E-state index is -0.0565. The van der Waals surface area contributed by atoms with Crippen LogP contribution in [0, 0.1) is 0 Å². The summed E-state index contributed by atoms with van der Waals surface area (Å²) >= 11 is 0. The second-order valence-electron chi connectivity index (χ2n) is 5.12. The van der Waals surface area contributed by atoms with Crippen molar-refractivity contribution in [3.8, 4) is 0 Å². The van der Waals surface area contributed by atoms with Crippen LogP contribution in [-0.4, -0.2) is 58.6 Å². The number of pyridine rings is 1. The summed E-state index contributed by atoms with van der Waals surface area (Å²) in [6.07, 6.45) is 3.72. The van der Waals surface area contributed by atoms with Crippen molar-refractivity contribution in [2.75, 3.05) is 26.2 Å². The van der Waals surface area contributed by atoms with Gasteiger partial charge < -0.3 is 14.6 Å².